The Morgan fingerprint density at radius 2 is 1.15 bits per heavy atom. The van der Waals surface area contributed by atoms with Gasteiger partial charge in [-0.05, 0) is 88.2 Å². The van der Waals surface area contributed by atoms with Crippen molar-refractivity contribution >= 4 is 67.9 Å². The van der Waals surface area contributed by atoms with Crippen LogP contribution in [0.25, 0.3) is 38.8 Å². The van der Waals surface area contributed by atoms with E-state index in [0.717, 1.165) is 33.4 Å². The standard InChI is InChI=1S/C42H30N4Si/c1-27-17-20-34-39(24-27)47(37-15-7-4-10-30(37)31-11-5-8-16-38(31)47)40-25-28(2)18-21-35(40)46(34)41-22-19-29(26-44-41)45-33-13-6-3-12-32(33)42-36(45)14-9-23-43-42/h3-26H,1-2H3. The Kier molecular flexibility index (Phi) is 5.41. The predicted molar refractivity (Wildman–Crippen MR) is 197 cm³/mol. The van der Waals surface area contributed by atoms with E-state index in [0.29, 0.717) is 0 Å². The van der Waals surface area contributed by atoms with Crippen molar-refractivity contribution in [3.05, 3.63) is 157 Å². The van der Waals surface area contributed by atoms with Crippen molar-refractivity contribution in [2.24, 2.45) is 0 Å². The molecule has 5 heterocycles. The number of aromatic nitrogens is 3. The van der Waals surface area contributed by atoms with E-state index >= 15 is 0 Å². The van der Waals surface area contributed by atoms with Crippen LogP contribution in [0.1, 0.15) is 11.1 Å². The quantitative estimate of drug-likeness (QED) is 0.190. The van der Waals surface area contributed by atoms with Crippen LogP contribution in [0.5, 0.6) is 0 Å². The minimum atomic E-state index is -2.64. The maximum Gasteiger partial charge on any atom is 0.185 e. The number of fused-ring (bicyclic) bond motifs is 12. The van der Waals surface area contributed by atoms with Gasteiger partial charge in [-0.25, -0.2) is 4.98 Å². The normalized spacial score (nSPS) is 13.9. The molecular weight excluding hydrogens is 589 g/mol. The molecule has 10 rings (SSSR count). The number of hydrogen-bond donors (Lipinski definition) is 0. The van der Waals surface area contributed by atoms with Gasteiger partial charge in [0, 0.05) is 23.0 Å². The molecule has 3 aromatic heterocycles. The first-order chi connectivity index (χ1) is 23.1. The Morgan fingerprint density at radius 1 is 0.532 bits per heavy atom. The molecule has 222 valence electrons. The second-order valence-corrected chi connectivity index (χ2v) is 16.5. The van der Waals surface area contributed by atoms with Crippen LogP contribution in [0.4, 0.5) is 17.2 Å². The summed E-state index contributed by atoms with van der Waals surface area (Å²) >= 11 is 0. The van der Waals surface area contributed by atoms with Gasteiger partial charge in [-0.3, -0.25) is 9.88 Å². The van der Waals surface area contributed by atoms with Crippen LogP contribution >= 0.6 is 0 Å². The Bertz CT molecular complexity index is 2410. The average molecular weight is 619 g/mol. The second-order valence-electron chi connectivity index (χ2n) is 12.8. The fraction of sp³-hybridized carbons (Fsp3) is 0.0476. The first-order valence-corrected chi connectivity index (χ1v) is 18.2. The van der Waals surface area contributed by atoms with Crippen LogP contribution in [0.3, 0.4) is 0 Å². The summed E-state index contributed by atoms with van der Waals surface area (Å²) in [7, 11) is -2.64. The number of aryl methyl sites for hydroxylation is 2. The van der Waals surface area contributed by atoms with E-state index in [4.69, 9.17) is 9.97 Å². The lowest BCUT2D eigenvalue weighted by Crippen LogP contribution is -2.75. The van der Waals surface area contributed by atoms with E-state index in [2.05, 4.69) is 151 Å². The van der Waals surface area contributed by atoms with E-state index in [1.807, 2.05) is 18.5 Å². The fourth-order valence-corrected chi connectivity index (χ4v) is 14.1. The Morgan fingerprint density at radius 3 is 1.81 bits per heavy atom. The zero-order valence-corrected chi connectivity index (χ0v) is 27.1. The first kappa shape index (κ1) is 26.4. The predicted octanol–water partition coefficient (Wildman–Crippen LogP) is 7.33. The lowest BCUT2D eigenvalue weighted by atomic mass is 10.1. The summed E-state index contributed by atoms with van der Waals surface area (Å²) in [6.07, 6.45) is 3.88. The van der Waals surface area contributed by atoms with Crippen LogP contribution in [-0.4, -0.2) is 22.6 Å². The van der Waals surface area contributed by atoms with E-state index in [9.17, 15) is 0 Å². The Hall–Kier alpha value is -5.78. The van der Waals surface area contributed by atoms with Gasteiger partial charge in [-0.1, -0.05) is 102 Å². The van der Waals surface area contributed by atoms with Gasteiger partial charge >= 0.3 is 0 Å². The van der Waals surface area contributed by atoms with Gasteiger partial charge in [0.25, 0.3) is 0 Å². The van der Waals surface area contributed by atoms with Crippen molar-refractivity contribution in [2.45, 2.75) is 13.8 Å². The summed E-state index contributed by atoms with van der Waals surface area (Å²) in [5.41, 5.74) is 11.9. The van der Waals surface area contributed by atoms with Gasteiger partial charge in [0.05, 0.1) is 28.4 Å². The molecule has 4 nitrogen and oxygen atoms in total. The Labute approximate surface area is 274 Å². The summed E-state index contributed by atoms with van der Waals surface area (Å²) in [5.74, 6) is 0.909. The van der Waals surface area contributed by atoms with Crippen LogP contribution < -0.4 is 25.6 Å². The van der Waals surface area contributed by atoms with Crippen LogP contribution in [0.15, 0.2) is 146 Å². The van der Waals surface area contributed by atoms with Gasteiger partial charge < -0.3 is 4.57 Å². The Balaban J connectivity index is 1.22. The third kappa shape index (κ3) is 3.46. The minimum absolute atomic E-state index is 0.909. The molecule has 0 radical (unpaired) electrons. The molecule has 8 aromatic rings. The van der Waals surface area contributed by atoms with Crippen LogP contribution in [0, 0.1) is 13.8 Å². The highest BCUT2D eigenvalue weighted by molar-refractivity contribution is 7.23. The SMILES string of the molecule is Cc1ccc2c(c1)[Si]1(c3ccccc3-c3ccccc31)c1cc(C)ccc1N2c1ccc(-n2c3ccccc3c3ncccc32)cn1. The molecule has 5 heteroatoms. The lowest BCUT2D eigenvalue weighted by Gasteiger charge is -2.43. The number of rotatable bonds is 2. The second kappa shape index (κ2) is 9.61. The lowest BCUT2D eigenvalue weighted by molar-refractivity contribution is 1.11. The molecule has 0 bridgehead atoms. The molecule has 2 aliphatic heterocycles. The van der Waals surface area contributed by atoms with Crippen LogP contribution in [0.2, 0.25) is 0 Å². The zero-order valence-electron chi connectivity index (χ0n) is 26.1. The molecule has 5 aromatic carbocycles. The molecule has 0 fully saturated rings. The van der Waals surface area contributed by atoms with Crippen molar-refractivity contribution in [2.75, 3.05) is 4.90 Å². The topological polar surface area (TPSA) is 34.0 Å². The number of para-hydroxylation sites is 1. The van der Waals surface area contributed by atoms with E-state index in [1.54, 1.807) is 0 Å². The first-order valence-electron chi connectivity index (χ1n) is 16.2. The molecular formula is C42H30N4Si. The van der Waals surface area contributed by atoms with E-state index in [-0.39, 0.29) is 0 Å². The summed E-state index contributed by atoms with van der Waals surface area (Å²) in [5, 5.41) is 6.94. The molecule has 0 saturated heterocycles. The summed E-state index contributed by atoms with van der Waals surface area (Å²) in [4.78, 5) is 12.3. The molecule has 0 N–H and O–H groups in total. The number of nitrogens with zero attached hydrogens (tertiary/aromatic N) is 4. The summed E-state index contributed by atoms with van der Waals surface area (Å²) < 4.78 is 2.27. The zero-order chi connectivity index (χ0) is 31.3. The fourth-order valence-electron chi connectivity index (χ4n) is 8.33. The molecule has 0 aliphatic carbocycles. The molecule has 2 aliphatic rings. The average Bonchev–Trinajstić information content (AvgIpc) is 3.61. The third-order valence-electron chi connectivity index (χ3n) is 10.2. The largest absolute Gasteiger partial charge is 0.306 e. The van der Waals surface area contributed by atoms with E-state index in [1.165, 1.54) is 54.4 Å². The molecule has 47 heavy (non-hydrogen) atoms. The van der Waals surface area contributed by atoms with Crippen molar-refractivity contribution in [1.82, 2.24) is 14.5 Å². The highest BCUT2D eigenvalue weighted by Gasteiger charge is 2.54. The van der Waals surface area contributed by atoms with Crippen LogP contribution in [-0.2, 0) is 0 Å². The molecule has 0 unspecified atom stereocenters. The summed E-state index contributed by atoms with van der Waals surface area (Å²) in [6.45, 7) is 4.44. The van der Waals surface area contributed by atoms with Crippen molar-refractivity contribution in [3.63, 3.8) is 0 Å². The molecule has 0 atom stereocenters. The smallest absolute Gasteiger partial charge is 0.185 e. The van der Waals surface area contributed by atoms with Gasteiger partial charge in [0.1, 0.15) is 5.82 Å². The number of anilines is 3. The third-order valence-corrected chi connectivity index (χ3v) is 15.1. The van der Waals surface area contributed by atoms with Crippen molar-refractivity contribution < 1.29 is 0 Å². The highest BCUT2D eigenvalue weighted by Crippen LogP contribution is 2.41. The van der Waals surface area contributed by atoms with Gasteiger partial charge in [-0.2, -0.15) is 0 Å². The molecule has 0 amide bonds. The van der Waals surface area contributed by atoms with Crippen molar-refractivity contribution in [1.29, 1.82) is 0 Å². The summed E-state index contributed by atoms with van der Waals surface area (Å²) in [6, 6.07) is 49.3. The highest BCUT2D eigenvalue weighted by atomic mass is 28.3. The molecule has 1 spiro atoms. The number of benzene rings is 5. The van der Waals surface area contributed by atoms with Crippen molar-refractivity contribution in [3.8, 4) is 16.8 Å². The monoisotopic (exact) mass is 618 g/mol. The number of pyridine rings is 2. The number of hydrogen-bond acceptors (Lipinski definition) is 3. The van der Waals surface area contributed by atoms with Gasteiger partial charge in [0.2, 0.25) is 0 Å². The van der Waals surface area contributed by atoms with Gasteiger partial charge in [-0.15, -0.1) is 0 Å². The maximum absolute atomic E-state index is 5.22. The van der Waals surface area contributed by atoms with Gasteiger partial charge in [0.15, 0.2) is 8.07 Å². The minimum Gasteiger partial charge on any atom is -0.306 e. The molecule has 0 saturated carbocycles. The van der Waals surface area contributed by atoms with E-state index < -0.39 is 8.07 Å². The maximum atomic E-state index is 5.22.